The van der Waals surface area contributed by atoms with E-state index in [4.69, 9.17) is 21.1 Å². The van der Waals surface area contributed by atoms with Gasteiger partial charge in [0, 0.05) is 30.2 Å². The number of ether oxygens (including phenoxy) is 2. The zero-order valence-corrected chi connectivity index (χ0v) is 19.4. The average Bonchev–Trinajstić information content (AvgIpc) is 3.34. The number of hydrogen-bond donors (Lipinski definition) is 3. The molecule has 2 fully saturated rings. The van der Waals surface area contributed by atoms with E-state index in [1.165, 1.54) is 18.5 Å². The van der Waals surface area contributed by atoms with E-state index in [1.54, 1.807) is 19.2 Å². The first-order valence-corrected chi connectivity index (χ1v) is 11.6. The minimum atomic E-state index is -0.495. The van der Waals surface area contributed by atoms with Gasteiger partial charge in [-0.15, -0.1) is 0 Å². The van der Waals surface area contributed by atoms with Crippen LogP contribution in [-0.4, -0.2) is 69.6 Å². The summed E-state index contributed by atoms with van der Waals surface area (Å²) in [4.78, 5) is 10.8. The Labute approximate surface area is 201 Å². The van der Waals surface area contributed by atoms with Gasteiger partial charge >= 0.3 is 0 Å². The van der Waals surface area contributed by atoms with E-state index in [0.29, 0.717) is 53.5 Å². The predicted octanol–water partition coefficient (Wildman–Crippen LogP) is 3.51. The van der Waals surface area contributed by atoms with E-state index < -0.39 is 5.82 Å². The summed E-state index contributed by atoms with van der Waals surface area (Å²) >= 11 is 5.90. The van der Waals surface area contributed by atoms with Gasteiger partial charge in [0.05, 0.1) is 42.0 Å². The molecule has 10 heteroatoms. The average molecular weight is 489 g/mol. The summed E-state index contributed by atoms with van der Waals surface area (Å²) in [6.07, 6.45) is 2.77. The van der Waals surface area contributed by atoms with Crippen LogP contribution in [0.15, 0.2) is 36.7 Å². The van der Waals surface area contributed by atoms with Crippen molar-refractivity contribution in [2.24, 2.45) is 0 Å². The van der Waals surface area contributed by atoms with E-state index in [2.05, 4.69) is 20.2 Å². The molecule has 180 valence electrons. The summed E-state index contributed by atoms with van der Waals surface area (Å²) in [6.45, 7) is 1.74. The van der Waals surface area contributed by atoms with Gasteiger partial charge in [0.1, 0.15) is 18.0 Å². The molecule has 1 saturated carbocycles. The van der Waals surface area contributed by atoms with Gasteiger partial charge in [0.25, 0.3) is 0 Å². The molecule has 3 N–H and O–H groups in total. The number of aromatic nitrogens is 2. The number of anilines is 2. The molecule has 3 aromatic rings. The lowest BCUT2D eigenvalue weighted by Crippen LogP contribution is -2.35. The largest absolute Gasteiger partial charge is 0.493 e. The van der Waals surface area contributed by atoms with Crippen LogP contribution in [0.5, 0.6) is 11.5 Å². The third-order valence-corrected chi connectivity index (χ3v) is 6.88. The van der Waals surface area contributed by atoms with Crippen molar-refractivity contribution in [1.29, 1.82) is 0 Å². The lowest BCUT2D eigenvalue weighted by molar-refractivity contribution is 0.143. The Morgan fingerprint density at radius 1 is 1.21 bits per heavy atom. The second kappa shape index (κ2) is 9.14. The van der Waals surface area contributed by atoms with Crippen LogP contribution < -0.4 is 14.8 Å². The van der Waals surface area contributed by atoms with Crippen LogP contribution in [0.25, 0.3) is 10.9 Å². The maximum atomic E-state index is 13.5. The highest BCUT2D eigenvalue weighted by molar-refractivity contribution is 6.31. The fraction of sp³-hybridized carbons (Fsp3) is 0.417. The van der Waals surface area contributed by atoms with Gasteiger partial charge in [-0.25, -0.2) is 14.4 Å². The van der Waals surface area contributed by atoms with Crippen molar-refractivity contribution in [3.63, 3.8) is 0 Å². The first-order chi connectivity index (χ1) is 16.4. The number of aliphatic hydroxyl groups excluding tert-OH is 2. The van der Waals surface area contributed by atoms with Crippen LogP contribution in [0.4, 0.5) is 15.9 Å². The minimum absolute atomic E-state index is 0.0140. The van der Waals surface area contributed by atoms with Crippen molar-refractivity contribution in [2.45, 2.75) is 37.0 Å². The standard InChI is InChI=1S/C24H26ClFN4O4/c1-33-20-9-19-16(23(28-13-27-19)29-14-3-4-18(26)17(25)7-14)8-21(20)34-6-2-5-30-12-15(31)10-24(30)11-22(24)32/h3-4,7-9,13,15,22,31-32H,2,5-6,10-12H2,1H3,(H,27,28,29)/t15-,22-,24+/m1/s1. The molecule has 1 saturated heterocycles. The van der Waals surface area contributed by atoms with E-state index in [0.717, 1.165) is 19.4 Å². The number of fused-ring (bicyclic) bond motifs is 1. The minimum Gasteiger partial charge on any atom is -0.493 e. The number of likely N-dealkylation sites (tertiary alicyclic amines) is 1. The molecule has 3 atom stereocenters. The van der Waals surface area contributed by atoms with Crippen LogP contribution in [0.1, 0.15) is 19.3 Å². The normalized spacial score (nSPS) is 24.0. The Kier molecular flexibility index (Phi) is 6.20. The third-order valence-electron chi connectivity index (χ3n) is 6.59. The molecule has 2 heterocycles. The lowest BCUT2D eigenvalue weighted by atomic mass is 10.1. The smallest absolute Gasteiger partial charge is 0.162 e. The van der Waals surface area contributed by atoms with Crippen molar-refractivity contribution >= 4 is 34.0 Å². The summed E-state index contributed by atoms with van der Waals surface area (Å²) in [5.41, 5.74) is 1.00. The van der Waals surface area contributed by atoms with Gasteiger partial charge in [0.15, 0.2) is 11.5 Å². The first kappa shape index (κ1) is 23.0. The molecule has 0 bridgehead atoms. The molecule has 0 amide bonds. The lowest BCUT2D eigenvalue weighted by Gasteiger charge is -2.24. The number of nitrogens with one attached hydrogen (secondary N) is 1. The number of benzene rings is 2. The van der Waals surface area contributed by atoms with E-state index >= 15 is 0 Å². The Hall–Kier alpha value is -2.72. The van der Waals surface area contributed by atoms with Crippen LogP contribution in [-0.2, 0) is 0 Å². The number of halogens is 2. The van der Waals surface area contributed by atoms with Crippen LogP contribution in [0.3, 0.4) is 0 Å². The maximum Gasteiger partial charge on any atom is 0.162 e. The van der Waals surface area contributed by atoms with Gasteiger partial charge in [-0.1, -0.05) is 11.6 Å². The Morgan fingerprint density at radius 2 is 2.03 bits per heavy atom. The van der Waals surface area contributed by atoms with Gasteiger partial charge in [-0.2, -0.15) is 0 Å². The van der Waals surface area contributed by atoms with Gasteiger partial charge in [-0.3, -0.25) is 4.90 Å². The van der Waals surface area contributed by atoms with Gasteiger partial charge in [0.2, 0.25) is 0 Å². The Morgan fingerprint density at radius 3 is 2.76 bits per heavy atom. The summed E-state index contributed by atoms with van der Waals surface area (Å²) in [5, 5.41) is 23.9. The number of aliphatic hydroxyl groups is 2. The van der Waals surface area contributed by atoms with Crippen LogP contribution >= 0.6 is 11.6 Å². The first-order valence-electron chi connectivity index (χ1n) is 11.2. The monoisotopic (exact) mass is 488 g/mol. The summed E-state index contributed by atoms with van der Waals surface area (Å²) < 4.78 is 25.1. The molecule has 0 unspecified atom stereocenters. The molecular weight excluding hydrogens is 463 g/mol. The molecular formula is C24H26ClFN4O4. The fourth-order valence-corrected chi connectivity index (χ4v) is 4.95. The number of hydrogen-bond acceptors (Lipinski definition) is 8. The highest BCUT2D eigenvalue weighted by atomic mass is 35.5. The topological polar surface area (TPSA) is 100.0 Å². The van der Waals surface area contributed by atoms with Crippen LogP contribution in [0.2, 0.25) is 5.02 Å². The fourth-order valence-electron chi connectivity index (χ4n) is 4.77. The maximum absolute atomic E-state index is 13.5. The predicted molar refractivity (Wildman–Crippen MR) is 126 cm³/mol. The molecule has 1 aliphatic heterocycles. The third kappa shape index (κ3) is 4.36. The molecule has 8 nitrogen and oxygen atoms in total. The zero-order chi connectivity index (χ0) is 23.9. The van der Waals surface area contributed by atoms with E-state index in [9.17, 15) is 14.6 Å². The molecule has 2 aliphatic rings. The molecule has 1 aliphatic carbocycles. The summed E-state index contributed by atoms with van der Waals surface area (Å²) in [7, 11) is 1.57. The molecule has 5 rings (SSSR count). The number of β-amino-alcohol motifs (C(OH)–C–C–N with tert-alkyl or cyclic N) is 1. The summed E-state index contributed by atoms with van der Waals surface area (Å²) in [6, 6.07) is 7.95. The van der Waals surface area contributed by atoms with Crippen molar-refractivity contribution in [3.05, 3.63) is 47.5 Å². The van der Waals surface area contributed by atoms with E-state index in [1.807, 2.05) is 6.07 Å². The van der Waals surface area contributed by atoms with E-state index in [-0.39, 0.29) is 22.8 Å². The second-order valence-corrected chi connectivity index (χ2v) is 9.23. The quantitative estimate of drug-likeness (QED) is 0.414. The van der Waals surface area contributed by atoms with Crippen molar-refractivity contribution in [2.75, 3.05) is 32.1 Å². The van der Waals surface area contributed by atoms with Crippen molar-refractivity contribution in [1.82, 2.24) is 14.9 Å². The molecule has 0 radical (unpaired) electrons. The second-order valence-electron chi connectivity index (χ2n) is 8.83. The van der Waals surface area contributed by atoms with Gasteiger partial charge in [-0.05, 0) is 43.5 Å². The SMILES string of the molecule is COc1cc2ncnc(Nc3ccc(F)c(Cl)c3)c2cc1OCCCN1C[C@H](O)C[C@@]12C[C@H]2O. The number of rotatable bonds is 8. The number of methoxy groups -OCH3 is 1. The van der Waals surface area contributed by atoms with Crippen molar-refractivity contribution in [3.8, 4) is 11.5 Å². The zero-order valence-electron chi connectivity index (χ0n) is 18.7. The Balaban J connectivity index is 1.30. The van der Waals surface area contributed by atoms with Crippen molar-refractivity contribution < 1.29 is 24.1 Å². The molecule has 1 spiro atoms. The Bertz CT molecular complexity index is 1220. The molecule has 1 aromatic heterocycles. The van der Waals surface area contributed by atoms with Crippen LogP contribution in [0, 0.1) is 5.82 Å². The van der Waals surface area contributed by atoms with Gasteiger partial charge < -0.3 is 25.0 Å². The molecule has 34 heavy (non-hydrogen) atoms. The summed E-state index contributed by atoms with van der Waals surface area (Å²) in [5.74, 6) is 1.13. The highest BCUT2D eigenvalue weighted by Crippen LogP contribution is 2.49. The highest BCUT2D eigenvalue weighted by Gasteiger charge is 2.61. The molecule has 2 aromatic carbocycles. The number of nitrogens with zero attached hydrogens (tertiary/aromatic N) is 3.